The summed E-state index contributed by atoms with van der Waals surface area (Å²) < 4.78 is 5.12. The van der Waals surface area contributed by atoms with Gasteiger partial charge in [-0.1, -0.05) is 0 Å². The molecular formula is C16H23N3O2. The number of benzene rings is 1. The molecular weight excluding hydrogens is 266 g/mol. The molecule has 0 radical (unpaired) electrons. The minimum absolute atomic E-state index is 0.00611. The van der Waals surface area contributed by atoms with Crippen LogP contribution in [0.5, 0.6) is 5.75 Å². The van der Waals surface area contributed by atoms with Crippen LogP contribution in [-0.4, -0.2) is 56.2 Å². The first-order chi connectivity index (χ1) is 10.1. The molecule has 2 amide bonds. The number of ether oxygens (including phenoxy) is 1. The fraction of sp³-hybridized carbons (Fsp3) is 0.562. The van der Waals surface area contributed by atoms with E-state index in [1.807, 2.05) is 29.2 Å². The van der Waals surface area contributed by atoms with Crippen molar-refractivity contribution in [2.24, 2.45) is 5.41 Å². The van der Waals surface area contributed by atoms with Gasteiger partial charge in [0.2, 0.25) is 0 Å². The molecule has 1 atom stereocenters. The third-order valence-corrected chi connectivity index (χ3v) is 4.70. The molecule has 2 aliphatic heterocycles. The molecule has 5 nitrogen and oxygen atoms in total. The van der Waals surface area contributed by atoms with Crippen LogP contribution in [0.2, 0.25) is 0 Å². The lowest BCUT2D eigenvalue weighted by molar-refractivity contribution is 0.212. The second kappa shape index (κ2) is 5.56. The highest BCUT2D eigenvalue weighted by Crippen LogP contribution is 2.38. The molecule has 1 spiro atoms. The zero-order chi connectivity index (χ0) is 14.9. The molecule has 1 N–H and O–H groups in total. The SMILES string of the molecule is COc1ccc(NC(=O)N2CC[C@]3(CCN(C)C3)C2)cc1. The smallest absolute Gasteiger partial charge is 0.321 e. The Bertz CT molecular complexity index is 517. The Kier molecular flexibility index (Phi) is 3.76. The Morgan fingerprint density at radius 3 is 2.52 bits per heavy atom. The number of anilines is 1. The number of carbonyl (C=O) groups is 1. The van der Waals surface area contributed by atoms with Gasteiger partial charge in [0.1, 0.15) is 5.75 Å². The molecule has 3 rings (SSSR count). The lowest BCUT2D eigenvalue weighted by atomic mass is 9.86. The number of methoxy groups -OCH3 is 1. The van der Waals surface area contributed by atoms with E-state index in [2.05, 4.69) is 17.3 Å². The first-order valence-electron chi connectivity index (χ1n) is 7.49. The summed E-state index contributed by atoms with van der Waals surface area (Å²) in [6, 6.07) is 7.45. The number of rotatable bonds is 2. The van der Waals surface area contributed by atoms with Crippen molar-refractivity contribution in [2.75, 3.05) is 45.7 Å². The van der Waals surface area contributed by atoms with E-state index in [4.69, 9.17) is 4.74 Å². The van der Waals surface area contributed by atoms with Gasteiger partial charge in [-0.2, -0.15) is 0 Å². The molecule has 5 heteroatoms. The van der Waals surface area contributed by atoms with Crippen molar-refractivity contribution in [1.29, 1.82) is 0 Å². The number of likely N-dealkylation sites (tertiary alicyclic amines) is 2. The zero-order valence-electron chi connectivity index (χ0n) is 12.8. The molecule has 2 heterocycles. The summed E-state index contributed by atoms with van der Waals surface area (Å²) in [5, 5.41) is 2.97. The summed E-state index contributed by atoms with van der Waals surface area (Å²) in [5.41, 5.74) is 1.14. The van der Waals surface area contributed by atoms with Crippen LogP contribution in [0.4, 0.5) is 10.5 Å². The quantitative estimate of drug-likeness (QED) is 0.908. The normalized spacial score (nSPS) is 25.5. The van der Waals surface area contributed by atoms with E-state index in [1.54, 1.807) is 7.11 Å². The van der Waals surface area contributed by atoms with Crippen LogP contribution in [0.3, 0.4) is 0 Å². The molecule has 2 aliphatic rings. The second-order valence-electron chi connectivity index (χ2n) is 6.32. The molecule has 114 valence electrons. The molecule has 2 fully saturated rings. The van der Waals surface area contributed by atoms with E-state index in [1.165, 1.54) is 6.42 Å². The van der Waals surface area contributed by atoms with Gasteiger partial charge in [-0.05, 0) is 50.7 Å². The highest BCUT2D eigenvalue weighted by molar-refractivity contribution is 5.89. The predicted molar refractivity (Wildman–Crippen MR) is 82.7 cm³/mol. The van der Waals surface area contributed by atoms with Crippen molar-refractivity contribution in [1.82, 2.24) is 9.80 Å². The van der Waals surface area contributed by atoms with E-state index in [0.29, 0.717) is 5.41 Å². The summed E-state index contributed by atoms with van der Waals surface area (Å²) in [5.74, 6) is 0.794. The summed E-state index contributed by atoms with van der Waals surface area (Å²) >= 11 is 0. The Labute approximate surface area is 125 Å². The monoisotopic (exact) mass is 289 g/mol. The fourth-order valence-electron chi connectivity index (χ4n) is 3.48. The van der Waals surface area contributed by atoms with Crippen molar-refractivity contribution in [3.63, 3.8) is 0 Å². The van der Waals surface area contributed by atoms with Gasteiger partial charge in [-0.3, -0.25) is 0 Å². The number of amides is 2. The standard InChI is InChI=1S/C16H23N3O2/c1-18-9-7-16(11-18)8-10-19(12-16)15(20)17-13-3-5-14(21-2)6-4-13/h3-6H,7-12H2,1-2H3,(H,17,20)/t16-/m0/s1. The van der Waals surface area contributed by atoms with Crippen LogP contribution in [0.25, 0.3) is 0 Å². The van der Waals surface area contributed by atoms with Crippen LogP contribution in [0, 0.1) is 5.41 Å². The first kappa shape index (κ1) is 14.2. The van der Waals surface area contributed by atoms with Crippen molar-refractivity contribution in [3.8, 4) is 5.75 Å². The second-order valence-corrected chi connectivity index (χ2v) is 6.32. The molecule has 0 saturated carbocycles. The van der Waals surface area contributed by atoms with E-state index in [0.717, 1.165) is 44.0 Å². The summed E-state index contributed by atoms with van der Waals surface area (Å²) in [6.45, 7) is 3.99. The van der Waals surface area contributed by atoms with Crippen molar-refractivity contribution >= 4 is 11.7 Å². The third-order valence-electron chi connectivity index (χ3n) is 4.70. The summed E-state index contributed by atoms with van der Waals surface area (Å²) in [7, 11) is 3.80. The van der Waals surface area contributed by atoms with Gasteiger partial charge in [0.15, 0.2) is 0 Å². The predicted octanol–water partition coefficient (Wildman–Crippen LogP) is 2.25. The van der Waals surface area contributed by atoms with E-state index < -0.39 is 0 Å². The number of nitrogens with zero attached hydrogens (tertiary/aromatic N) is 2. The molecule has 1 aromatic rings. The molecule has 0 bridgehead atoms. The zero-order valence-corrected chi connectivity index (χ0v) is 12.8. The number of hydrogen-bond donors (Lipinski definition) is 1. The molecule has 0 unspecified atom stereocenters. The summed E-state index contributed by atoms with van der Waals surface area (Å²) in [6.07, 6.45) is 2.32. The first-order valence-corrected chi connectivity index (χ1v) is 7.49. The maximum absolute atomic E-state index is 12.4. The van der Waals surface area contributed by atoms with Crippen LogP contribution in [0.15, 0.2) is 24.3 Å². The molecule has 1 aromatic carbocycles. The Balaban J connectivity index is 1.58. The molecule has 0 aromatic heterocycles. The van der Waals surface area contributed by atoms with Gasteiger partial charge in [0, 0.05) is 30.7 Å². The average molecular weight is 289 g/mol. The topological polar surface area (TPSA) is 44.8 Å². The van der Waals surface area contributed by atoms with Gasteiger partial charge in [0.25, 0.3) is 0 Å². The van der Waals surface area contributed by atoms with Crippen molar-refractivity contribution in [3.05, 3.63) is 24.3 Å². The van der Waals surface area contributed by atoms with Gasteiger partial charge >= 0.3 is 6.03 Å². The summed E-state index contributed by atoms with van der Waals surface area (Å²) in [4.78, 5) is 16.7. The molecule has 0 aliphatic carbocycles. The Morgan fingerprint density at radius 1 is 1.19 bits per heavy atom. The highest BCUT2D eigenvalue weighted by Gasteiger charge is 2.43. The maximum atomic E-state index is 12.4. The van der Waals surface area contributed by atoms with E-state index in [-0.39, 0.29) is 6.03 Å². The van der Waals surface area contributed by atoms with Gasteiger partial charge < -0.3 is 19.9 Å². The maximum Gasteiger partial charge on any atom is 0.321 e. The van der Waals surface area contributed by atoms with Crippen molar-refractivity contribution in [2.45, 2.75) is 12.8 Å². The Hall–Kier alpha value is -1.75. The largest absolute Gasteiger partial charge is 0.497 e. The molecule has 21 heavy (non-hydrogen) atoms. The molecule has 2 saturated heterocycles. The van der Waals surface area contributed by atoms with Gasteiger partial charge in [-0.25, -0.2) is 4.79 Å². The lowest BCUT2D eigenvalue weighted by Crippen LogP contribution is -2.36. The highest BCUT2D eigenvalue weighted by atomic mass is 16.5. The van der Waals surface area contributed by atoms with Crippen LogP contribution < -0.4 is 10.1 Å². The number of urea groups is 1. The number of hydrogen-bond acceptors (Lipinski definition) is 3. The van der Waals surface area contributed by atoms with Crippen LogP contribution in [-0.2, 0) is 0 Å². The van der Waals surface area contributed by atoms with Crippen LogP contribution >= 0.6 is 0 Å². The lowest BCUT2D eigenvalue weighted by Gasteiger charge is -2.24. The van der Waals surface area contributed by atoms with Crippen LogP contribution in [0.1, 0.15) is 12.8 Å². The van der Waals surface area contributed by atoms with Crippen molar-refractivity contribution < 1.29 is 9.53 Å². The third kappa shape index (κ3) is 2.97. The van der Waals surface area contributed by atoms with E-state index >= 15 is 0 Å². The van der Waals surface area contributed by atoms with Gasteiger partial charge in [-0.15, -0.1) is 0 Å². The minimum atomic E-state index is 0.00611. The number of carbonyl (C=O) groups excluding carboxylic acids is 1. The average Bonchev–Trinajstić information content (AvgIpc) is 3.07. The minimum Gasteiger partial charge on any atom is -0.497 e. The Morgan fingerprint density at radius 2 is 1.90 bits per heavy atom. The fourth-order valence-corrected chi connectivity index (χ4v) is 3.48. The van der Waals surface area contributed by atoms with E-state index in [9.17, 15) is 4.79 Å². The number of nitrogens with one attached hydrogen (secondary N) is 1. The van der Waals surface area contributed by atoms with Gasteiger partial charge in [0.05, 0.1) is 7.11 Å².